The number of carbonyl (C=O) groups is 1. The van der Waals surface area contributed by atoms with Crippen LogP contribution in [-0.2, 0) is 13.0 Å². The molecule has 2 aromatic heterocycles. The van der Waals surface area contributed by atoms with E-state index in [1.54, 1.807) is 4.90 Å². The molecule has 0 bridgehead atoms. The maximum Gasteiger partial charge on any atom is 0.318 e. The molecule has 1 N–H and O–H groups in total. The molecule has 8 heteroatoms. The largest absolute Gasteiger partial charge is 0.359 e. The molecular formula is C19H21N5O3. The molecule has 1 atom stereocenters. The molecule has 0 spiro atoms. The van der Waals surface area contributed by atoms with Crippen molar-refractivity contribution in [2.75, 3.05) is 6.54 Å². The molecule has 4 rings (SSSR count). The highest BCUT2D eigenvalue weighted by atomic mass is 16.5. The number of hydrogen-bond donors (Lipinski definition) is 1. The Kier molecular flexibility index (Phi) is 4.86. The Hall–Kier alpha value is -3.16. The minimum Gasteiger partial charge on any atom is -0.359 e. The van der Waals surface area contributed by atoms with Crippen molar-refractivity contribution in [2.45, 2.75) is 38.8 Å². The zero-order valence-electron chi connectivity index (χ0n) is 15.1. The molecular weight excluding hydrogens is 346 g/mol. The lowest BCUT2D eigenvalue weighted by atomic mass is 10.1. The van der Waals surface area contributed by atoms with E-state index in [0.717, 1.165) is 29.9 Å². The van der Waals surface area contributed by atoms with Gasteiger partial charge in [-0.25, -0.2) is 4.79 Å². The number of aryl methyl sites for hydroxylation is 1. The Balaban J connectivity index is 1.34. The fourth-order valence-corrected chi connectivity index (χ4v) is 3.31. The van der Waals surface area contributed by atoms with Crippen molar-refractivity contribution >= 4 is 6.03 Å². The molecule has 140 valence electrons. The van der Waals surface area contributed by atoms with Gasteiger partial charge in [0.05, 0.1) is 18.3 Å². The Morgan fingerprint density at radius 2 is 2.11 bits per heavy atom. The first kappa shape index (κ1) is 17.3. The number of nitrogens with one attached hydrogen (secondary N) is 1. The van der Waals surface area contributed by atoms with Gasteiger partial charge in [-0.3, -0.25) is 0 Å². The fraction of sp³-hybridized carbons (Fsp3) is 0.368. The smallest absolute Gasteiger partial charge is 0.318 e. The Bertz CT molecular complexity index is 905. The number of carbonyl (C=O) groups excluding carboxylic acids is 1. The summed E-state index contributed by atoms with van der Waals surface area (Å²) in [7, 11) is 0. The minimum absolute atomic E-state index is 0.0810. The van der Waals surface area contributed by atoms with Crippen molar-refractivity contribution in [1.29, 1.82) is 0 Å². The van der Waals surface area contributed by atoms with Crippen LogP contribution in [-0.4, -0.2) is 32.8 Å². The summed E-state index contributed by atoms with van der Waals surface area (Å²) in [5.41, 5.74) is 1.92. The summed E-state index contributed by atoms with van der Waals surface area (Å²) in [6, 6.07) is 11.6. The van der Waals surface area contributed by atoms with Crippen LogP contribution in [0.5, 0.6) is 0 Å². The maximum absolute atomic E-state index is 12.6. The number of benzene rings is 1. The van der Waals surface area contributed by atoms with Crippen LogP contribution in [0.4, 0.5) is 4.79 Å². The van der Waals surface area contributed by atoms with E-state index in [-0.39, 0.29) is 18.6 Å². The monoisotopic (exact) mass is 367 g/mol. The molecule has 0 aliphatic carbocycles. The second-order valence-corrected chi connectivity index (χ2v) is 6.65. The SMILES string of the molecule is Cc1cc([C@H]2CCCN2C(=O)NCc2nc(Cc3ccccc3)no2)on1. The van der Waals surface area contributed by atoms with Crippen LogP contribution in [0, 0.1) is 6.92 Å². The van der Waals surface area contributed by atoms with Gasteiger partial charge >= 0.3 is 6.03 Å². The lowest BCUT2D eigenvalue weighted by Gasteiger charge is -2.22. The van der Waals surface area contributed by atoms with Gasteiger partial charge in [-0.15, -0.1) is 0 Å². The van der Waals surface area contributed by atoms with Crippen LogP contribution in [0.2, 0.25) is 0 Å². The van der Waals surface area contributed by atoms with Crippen molar-refractivity contribution in [2.24, 2.45) is 0 Å². The van der Waals surface area contributed by atoms with Crippen LogP contribution in [0.3, 0.4) is 0 Å². The number of urea groups is 1. The Morgan fingerprint density at radius 1 is 1.26 bits per heavy atom. The number of rotatable bonds is 5. The zero-order chi connectivity index (χ0) is 18.6. The van der Waals surface area contributed by atoms with Crippen molar-refractivity contribution < 1.29 is 13.8 Å². The summed E-state index contributed by atoms with van der Waals surface area (Å²) in [4.78, 5) is 18.7. The van der Waals surface area contributed by atoms with Crippen LogP contribution >= 0.6 is 0 Å². The first-order valence-electron chi connectivity index (χ1n) is 9.02. The fourth-order valence-electron chi connectivity index (χ4n) is 3.31. The van der Waals surface area contributed by atoms with Crippen LogP contribution in [0.15, 0.2) is 45.4 Å². The molecule has 1 aliphatic rings. The van der Waals surface area contributed by atoms with Gasteiger partial charge in [0.1, 0.15) is 0 Å². The number of likely N-dealkylation sites (tertiary alicyclic amines) is 1. The second kappa shape index (κ2) is 7.61. The van der Waals surface area contributed by atoms with Crippen molar-refractivity contribution in [3.05, 3.63) is 65.1 Å². The maximum atomic E-state index is 12.6. The average molecular weight is 367 g/mol. The van der Waals surface area contributed by atoms with E-state index in [0.29, 0.717) is 24.7 Å². The minimum atomic E-state index is -0.172. The van der Waals surface area contributed by atoms with E-state index in [9.17, 15) is 4.79 Å². The van der Waals surface area contributed by atoms with Crippen LogP contribution < -0.4 is 5.32 Å². The van der Waals surface area contributed by atoms with Crippen LogP contribution in [0.1, 0.15) is 47.6 Å². The van der Waals surface area contributed by atoms with Gasteiger partial charge in [-0.2, -0.15) is 4.98 Å². The summed E-state index contributed by atoms with van der Waals surface area (Å²) < 4.78 is 10.6. The van der Waals surface area contributed by atoms with E-state index >= 15 is 0 Å². The molecule has 2 amide bonds. The van der Waals surface area contributed by atoms with Gasteiger partial charge < -0.3 is 19.3 Å². The number of nitrogens with zero attached hydrogens (tertiary/aromatic N) is 4. The molecule has 1 aromatic carbocycles. The topological polar surface area (TPSA) is 97.3 Å². The molecule has 1 aliphatic heterocycles. The second-order valence-electron chi connectivity index (χ2n) is 6.65. The lowest BCUT2D eigenvalue weighted by Crippen LogP contribution is -2.39. The summed E-state index contributed by atoms with van der Waals surface area (Å²) in [6.45, 7) is 2.74. The van der Waals surface area contributed by atoms with E-state index in [1.807, 2.05) is 43.3 Å². The van der Waals surface area contributed by atoms with Gasteiger partial charge in [0, 0.05) is 19.0 Å². The summed E-state index contributed by atoms with van der Waals surface area (Å²) >= 11 is 0. The van der Waals surface area contributed by atoms with E-state index < -0.39 is 0 Å². The summed E-state index contributed by atoms with van der Waals surface area (Å²) in [5.74, 6) is 1.71. The standard InChI is InChI=1S/C19H21N5O3/c1-13-10-16(26-22-13)15-8-5-9-24(15)19(25)20-12-18-21-17(23-27-18)11-14-6-3-2-4-7-14/h2-4,6-7,10,15H,5,8-9,11-12H2,1H3,(H,20,25)/t15-/m1/s1. The van der Waals surface area contributed by atoms with Crippen LogP contribution in [0.25, 0.3) is 0 Å². The van der Waals surface area contributed by atoms with E-state index in [1.165, 1.54) is 0 Å². The molecule has 3 heterocycles. The van der Waals surface area contributed by atoms with Crippen molar-refractivity contribution in [3.8, 4) is 0 Å². The number of aromatic nitrogens is 3. The third-order valence-corrected chi connectivity index (χ3v) is 4.59. The van der Waals surface area contributed by atoms with Crippen molar-refractivity contribution in [1.82, 2.24) is 25.5 Å². The molecule has 0 unspecified atom stereocenters. The van der Waals surface area contributed by atoms with Gasteiger partial charge in [-0.1, -0.05) is 40.6 Å². The van der Waals surface area contributed by atoms with Gasteiger partial charge in [0.15, 0.2) is 11.6 Å². The predicted molar refractivity (Wildman–Crippen MR) is 95.7 cm³/mol. The number of hydrogen-bond acceptors (Lipinski definition) is 6. The van der Waals surface area contributed by atoms with Crippen molar-refractivity contribution in [3.63, 3.8) is 0 Å². The molecule has 0 radical (unpaired) electrons. The Morgan fingerprint density at radius 3 is 2.89 bits per heavy atom. The highest BCUT2D eigenvalue weighted by Crippen LogP contribution is 2.32. The lowest BCUT2D eigenvalue weighted by molar-refractivity contribution is 0.180. The zero-order valence-corrected chi connectivity index (χ0v) is 15.1. The Labute approximate surface area is 156 Å². The first-order chi connectivity index (χ1) is 13.2. The predicted octanol–water partition coefficient (Wildman–Crippen LogP) is 3.00. The molecule has 1 fully saturated rings. The first-order valence-corrected chi connectivity index (χ1v) is 9.02. The highest BCUT2D eigenvalue weighted by Gasteiger charge is 2.32. The molecule has 3 aromatic rings. The molecule has 0 saturated carbocycles. The summed E-state index contributed by atoms with van der Waals surface area (Å²) in [6.07, 6.45) is 2.39. The van der Waals surface area contributed by atoms with Gasteiger partial charge in [0.2, 0.25) is 5.89 Å². The summed E-state index contributed by atoms with van der Waals surface area (Å²) in [5, 5.41) is 10.8. The third kappa shape index (κ3) is 3.99. The molecule has 1 saturated heterocycles. The third-order valence-electron chi connectivity index (χ3n) is 4.59. The van der Waals surface area contributed by atoms with E-state index in [4.69, 9.17) is 9.05 Å². The van der Waals surface area contributed by atoms with Gasteiger partial charge in [-0.05, 0) is 25.3 Å². The normalized spacial score (nSPS) is 16.6. The number of amides is 2. The molecule has 27 heavy (non-hydrogen) atoms. The molecule has 8 nitrogen and oxygen atoms in total. The van der Waals surface area contributed by atoms with Gasteiger partial charge in [0.25, 0.3) is 0 Å². The van der Waals surface area contributed by atoms with E-state index in [2.05, 4.69) is 20.6 Å². The average Bonchev–Trinajstić information content (AvgIpc) is 3.41. The highest BCUT2D eigenvalue weighted by molar-refractivity contribution is 5.74. The quantitative estimate of drug-likeness (QED) is 0.744.